The molecule has 1 N–H and O–H groups in total. The summed E-state index contributed by atoms with van der Waals surface area (Å²) < 4.78 is 5.36. The highest BCUT2D eigenvalue weighted by Gasteiger charge is 2.14. The SMILES string of the molecule is COc1ccccc1CC(CO)Cc1ccc(Cl)cc1Cl. The Bertz CT molecular complexity index is 599. The van der Waals surface area contributed by atoms with Gasteiger partial charge in [0.2, 0.25) is 0 Å². The Morgan fingerprint density at radius 3 is 2.43 bits per heavy atom. The minimum absolute atomic E-state index is 0.0833. The van der Waals surface area contributed by atoms with E-state index in [9.17, 15) is 5.11 Å². The maximum Gasteiger partial charge on any atom is 0.122 e. The number of hydrogen-bond acceptors (Lipinski definition) is 2. The van der Waals surface area contributed by atoms with Crippen molar-refractivity contribution >= 4 is 23.2 Å². The molecule has 0 saturated heterocycles. The Balaban J connectivity index is 2.13. The molecule has 0 saturated carbocycles. The molecule has 1 atom stereocenters. The maximum atomic E-state index is 9.65. The fourth-order valence-corrected chi connectivity index (χ4v) is 2.87. The first kappa shape index (κ1) is 16.2. The van der Waals surface area contributed by atoms with Crippen molar-refractivity contribution in [2.75, 3.05) is 13.7 Å². The fraction of sp³-hybridized carbons (Fsp3) is 0.294. The first-order valence-corrected chi connectivity index (χ1v) is 7.56. The number of hydrogen-bond donors (Lipinski definition) is 1. The molecule has 2 aromatic carbocycles. The number of benzene rings is 2. The van der Waals surface area contributed by atoms with Crippen molar-refractivity contribution in [2.24, 2.45) is 5.92 Å². The van der Waals surface area contributed by atoms with Crippen LogP contribution in [-0.4, -0.2) is 18.8 Å². The van der Waals surface area contributed by atoms with E-state index in [1.54, 1.807) is 13.2 Å². The van der Waals surface area contributed by atoms with Gasteiger partial charge in [-0.1, -0.05) is 47.5 Å². The van der Waals surface area contributed by atoms with Crippen molar-refractivity contribution in [1.29, 1.82) is 0 Å². The normalized spacial score (nSPS) is 12.2. The van der Waals surface area contributed by atoms with Crippen molar-refractivity contribution in [2.45, 2.75) is 12.8 Å². The van der Waals surface area contributed by atoms with E-state index in [0.29, 0.717) is 16.5 Å². The molecular formula is C17H18Cl2O2. The standard InChI is InChI=1S/C17H18Cl2O2/c1-21-17-5-3-2-4-14(17)9-12(11-20)8-13-6-7-15(18)10-16(13)19/h2-7,10,12,20H,8-9,11H2,1H3. The molecule has 0 aliphatic heterocycles. The highest BCUT2D eigenvalue weighted by molar-refractivity contribution is 6.35. The number of methoxy groups -OCH3 is 1. The lowest BCUT2D eigenvalue weighted by molar-refractivity contribution is 0.224. The minimum atomic E-state index is 0.0833. The molecule has 0 bridgehead atoms. The molecule has 1 unspecified atom stereocenters. The molecule has 21 heavy (non-hydrogen) atoms. The molecule has 2 aromatic rings. The Labute approximate surface area is 135 Å². The maximum absolute atomic E-state index is 9.65. The summed E-state index contributed by atoms with van der Waals surface area (Å²) in [5, 5.41) is 10.9. The molecular weight excluding hydrogens is 307 g/mol. The molecule has 4 heteroatoms. The quantitative estimate of drug-likeness (QED) is 0.853. The predicted molar refractivity (Wildman–Crippen MR) is 87.4 cm³/mol. The molecule has 2 nitrogen and oxygen atoms in total. The largest absolute Gasteiger partial charge is 0.496 e. The van der Waals surface area contributed by atoms with Crippen LogP contribution in [0.25, 0.3) is 0 Å². The number of para-hydroxylation sites is 1. The lowest BCUT2D eigenvalue weighted by atomic mass is 9.93. The second kappa shape index (κ2) is 7.69. The predicted octanol–water partition coefficient (Wildman–Crippen LogP) is 4.40. The van der Waals surface area contributed by atoms with Crippen molar-refractivity contribution in [1.82, 2.24) is 0 Å². The van der Waals surface area contributed by atoms with Gasteiger partial charge in [-0.15, -0.1) is 0 Å². The summed E-state index contributed by atoms with van der Waals surface area (Å²) in [4.78, 5) is 0. The molecule has 2 rings (SSSR count). The van der Waals surface area contributed by atoms with E-state index < -0.39 is 0 Å². The zero-order chi connectivity index (χ0) is 15.2. The third kappa shape index (κ3) is 4.37. The van der Waals surface area contributed by atoms with Crippen LogP contribution in [0, 0.1) is 5.92 Å². The van der Waals surface area contributed by atoms with Gasteiger partial charge < -0.3 is 9.84 Å². The Kier molecular flexibility index (Phi) is 5.92. The summed E-state index contributed by atoms with van der Waals surface area (Å²) in [6.07, 6.45) is 1.43. The topological polar surface area (TPSA) is 29.5 Å². The van der Waals surface area contributed by atoms with Gasteiger partial charge in [0.25, 0.3) is 0 Å². The van der Waals surface area contributed by atoms with Crippen molar-refractivity contribution < 1.29 is 9.84 Å². The second-order valence-corrected chi connectivity index (χ2v) is 5.85. The lowest BCUT2D eigenvalue weighted by Crippen LogP contribution is -2.13. The van der Waals surface area contributed by atoms with E-state index in [-0.39, 0.29) is 12.5 Å². The molecule has 112 valence electrons. The van der Waals surface area contributed by atoms with E-state index in [1.165, 1.54) is 0 Å². The number of ether oxygens (including phenoxy) is 1. The van der Waals surface area contributed by atoms with Crippen LogP contribution in [0.3, 0.4) is 0 Å². The van der Waals surface area contributed by atoms with Crippen molar-refractivity contribution in [3.8, 4) is 5.75 Å². The van der Waals surface area contributed by atoms with E-state index >= 15 is 0 Å². The van der Waals surface area contributed by atoms with Crippen LogP contribution in [0.1, 0.15) is 11.1 Å². The van der Waals surface area contributed by atoms with Gasteiger partial charge in [0, 0.05) is 16.7 Å². The van der Waals surface area contributed by atoms with Crippen LogP contribution < -0.4 is 4.74 Å². The second-order valence-electron chi connectivity index (χ2n) is 5.00. The number of aliphatic hydroxyl groups excluding tert-OH is 1. The van der Waals surface area contributed by atoms with Gasteiger partial charge in [-0.2, -0.15) is 0 Å². The molecule has 0 heterocycles. The highest BCUT2D eigenvalue weighted by Crippen LogP contribution is 2.26. The average Bonchev–Trinajstić information content (AvgIpc) is 2.49. The first-order valence-electron chi connectivity index (χ1n) is 6.80. The first-order chi connectivity index (χ1) is 10.1. The van der Waals surface area contributed by atoms with Crippen LogP contribution in [0.15, 0.2) is 42.5 Å². The van der Waals surface area contributed by atoms with Crippen LogP contribution in [0.4, 0.5) is 0 Å². The Morgan fingerprint density at radius 2 is 1.76 bits per heavy atom. The monoisotopic (exact) mass is 324 g/mol. The Hall–Kier alpha value is -1.22. The van der Waals surface area contributed by atoms with Gasteiger partial charge in [0.15, 0.2) is 0 Å². The summed E-state index contributed by atoms with van der Waals surface area (Å²) >= 11 is 12.1. The molecule has 0 amide bonds. The van der Waals surface area contributed by atoms with Crippen molar-refractivity contribution in [3.05, 3.63) is 63.6 Å². The van der Waals surface area contributed by atoms with Gasteiger partial charge >= 0.3 is 0 Å². The van der Waals surface area contributed by atoms with Crippen LogP contribution >= 0.6 is 23.2 Å². The number of halogens is 2. The smallest absolute Gasteiger partial charge is 0.122 e. The van der Waals surface area contributed by atoms with Gasteiger partial charge in [-0.25, -0.2) is 0 Å². The van der Waals surface area contributed by atoms with Gasteiger partial charge in [-0.05, 0) is 48.1 Å². The lowest BCUT2D eigenvalue weighted by Gasteiger charge is -2.17. The zero-order valence-corrected chi connectivity index (χ0v) is 13.4. The molecule has 0 spiro atoms. The van der Waals surface area contributed by atoms with Crippen LogP contribution in [0.2, 0.25) is 10.0 Å². The third-order valence-corrected chi connectivity index (χ3v) is 4.07. The summed E-state index contributed by atoms with van der Waals surface area (Å²) in [5.41, 5.74) is 2.08. The highest BCUT2D eigenvalue weighted by atomic mass is 35.5. The molecule has 0 aliphatic carbocycles. The fourth-order valence-electron chi connectivity index (χ4n) is 2.38. The third-order valence-electron chi connectivity index (χ3n) is 3.48. The van der Waals surface area contributed by atoms with E-state index in [4.69, 9.17) is 27.9 Å². The summed E-state index contributed by atoms with van der Waals surface area (Å²) in [6, 6.07) is 13.3. The minimum Gasteiger partial charge on any atom is -0.496 e. The van der Waals surface area contributed by atoms with E-state index in [0.717, 1.165) is 23.3 Å². The van der Waals surface area contributed by atoms with Gasteiger partial charge in [0.05, 0.1) is 7.11 Å². The Morgan fingerprint density at radius 1 is 1.05 bits per heavy atom. The molecule has 0 aliphatic rings. The zero-order valence-electron chi connectivity index (χ0n) is 11.9. The molecule has 0 fully saturated rings. The molecule has 0 aromatic heterocycles. The van der Waals surface area contributed by atoms with Crippen LogP contribution in [0.5, 0.6) is 5.75 Å². The van der Waals surface area contributed by atoms with Crippen LogP contribution in [-0.2, 0) is 12.8 Å². The van der Waals surface area contributed by atoms with Gasteiger partial charge in [-0.3, -0.25) is 0 Å². The van der Waals surface area contributed by atoms with E-state index in [2.05, 4.69) is 0 Å². The summed E-state index contributed by atoms with van der Waals surface area (Å²) in [5.74, 6) is 0.929. The van der Waals surface area contributed by atoms with Crippen molar-refractivity contribution in [3.63, 3.8) is 0 Å². The van der Waals surface area contributed by atoms with Gasteiger partial charge in [0.1, 0.15) is 5.75 Å². The number of rotatable bonds is 6. The average molecular weight is 325 g/mol. The molecule has 0 radical (unpaired) electrons. The van der Waals surface area contributed by atoms with E-state index in [1.807, 2.05) is 36.4 Å². The summed E-state index contributed by atoms with van der Waals surface area (Å²) in [6.45, 7) is 0.0942. The number of aliphatic hydroxyl groups is 1. The summed E-state index contributed by atoms with van der Waals surface area (Å²) in [7, 11) is 1.66.